The minimum Gasteiger partial charge on any atom is -0.481 e. The molecule has 0 radical (unpaired) electrons. The van der Waals surface area contributed by atoms with Crippen LogP contribution in [-0.2, 0) is 9.59 Å². The smallest absolute Gasteiger partial charge is 0.303 e. The fourth-order valence-corrected chi connectivity index (χ4v) is 2.29. The predicted octanol–water partition coefficient (Wildman–Crippen LogP) is 1.40. The Morgan fingerprint density at radius 2 is 2.07 bits per heavy atom. The minimum atomic E-state index is -0.742. The van der Waals surface area contributed by atoms with Crippen LogP contribution in [0.1, 0.15) is 40.0 Å². The quantitative estimate of drug-likeness (QED) is 0.741. The van der Waals surface area contributed by atoms with Crippen LogP contribution in [0.15, 0.2) is 0 Å². The fourth-order valence-electron chi connectivity index (χ4n) is 2.29. The van der Waals surface area contributed by atoms with Crippen molar-refractivity contribution in [3.8, 4) is 0 Å². The number of hydrogen-bond donors (Lipinski definition) is 2. The molecule has 0 bridgehead atoms. The summed E-state index contributed by atoms with van der Waals surface area (Å²) in [5, 5.41) is 11.5. The van der Waals surface area contributed by atoms with Gasteiger partial charge in [-0.1, -0.05) is 13.8 Å². The van der Waals surface area contributed by atoms with Gasteiger partial charge in [-0.05, 0) is 24.2 Å². The van der Waals surface area contributed by atoms with E-state index in [0.29, 0.717) is 12.3 Å². The van der Waals surface area contributed by atoms with Crippen molar-refractivity contribution in [2.75, 3.05) is 0 Å². The second-order valence-electron chi connectivity index (χ2n) is 4.94. The van der Waals surface area contributed by atoms with Crippen molar-refractivity contribution < 1.29 is 14.7 Å². The molecule has 1 fully saturated rings. The molecular weight excluding hydrogens is 194 g/mol. The zero-order chi connectivity index (χ0) is 11.6. The second-order valence-corrected chi connectivity index (χ2v) is 4.94. The minimum absolute atomic E-state index is 0.00948. The van der Waals surface area contributed by atoms with Crippen LogP contribution in [0, 0.1) is 11.3 Å². The van der Waals surface area contributed by atoms with Crippen molar-refractivity contribution in [1.82, 2.24) is 5.32 Å². The Labute approximate surface area is 90.0 Å². The second kappa shape index (κ2) is 4.21. The summed E-state index contributed by atoms with van der Waals surface area (Å²) in [6, 6.07) is 0.203. The van der Waals surface area contributed by atoms with Gasteiger partial charge in [0.2, 0.25) is 5.91 Å². The number of nitrogens with one attached hydrogen (secondary N) is 1. The third-order valence-electron chi connectivity index (χ3n) is 3.55. The number of rotatable bonds is 4. The normalized spacial score (nSPS) is 27.9. The molecule has 0 aromatic heterocycles. The lowest BCUT2D eigenvalue weighted by atomic mass is 9.57. The van der Waals surface area contributed by atoms with E-state index in [2.05, 4.69) is 19.2 Å². The van der Waals surface area contributed by atoms with E-state index >= 15 is 0 Å². The van der Waals surface area contributed by atoms with Crippen LogP contribution in [0.5, 0.6) is 0 Å². The summed E-state index contributed by atoms with van der Waals surface area (Å²) in [6.45, 7) is 5.69. The number of carboxylic acids is 1. The molecule has 1 aliphatic carbocycles. The van der Waals surface area contributed by atoms with Gasteiger partial charge in [-0.15, -0.1) is 0 Å². The Balaban J connectivity index is 2.41. The molecule has 1 rings (SSSR count). The zero-order valence-electron chi connectivity index (χ0n) is 9.54. The number of carbonyl (C=O) groups excluding carboxylic acids is 1. The Morgan fingerprint density at radius 1 is 1.47 bits per heavy atom. The van der Waals surface area contributed by atoms with Gasteiger partial charge in [0, 0.05) is 19.4 Å². The molecule has 0 aliphatic heterocycles. The summed E-state index contributed by atoms with van der Waals surface area (Å²) in [6.07, 6.45) is 1.83. The maximum Gasteiger partial charge on any atom is 0.303 e. The van der Waals surface area contributed by atoms with Crippen LogP contribution in [-0.4, -0.2) is 23.0 Å². The number of carbonyl (C=O) groups is 2. The highest BCUT2D eigenvalue weighted by Crippen LogP contribution is 2.48. The molecule has 0 unspecified atom stereocenters. The van der Waals surface area contributed by atoms with Gasteiger partial charge in [0.25, 0.3) is 0 Å². The average molecular weight is 213 g/mol. The van der Waals surface area contributed by atoms with Gasteiger partial charge in [0.1, 0.15) is 0 Å². The van der Waals surface area contributed by atoms with Gasteiger partial charge in [0.15, 0.2) is 0 Å². The Bertz CT molecular complexity index is 273. The van der Waals surface area contributed by atoms with Gasteiger partial charge in [-0.25, -0.2) is 0 Å². The van der Waals surface area contributed by atoms with E-state index in [4.69, 9.17) is 5.11 Å². The topological polar surface area (TPSA) is 66.4 Å². The first-order chi connectivity index (χ1) is 6.84. The predicted molar refractivity (Wildman–Crippen MR) is 56.4 cm³/mol. The molecule has 1 aliphatic rings. The first-order valence-corrected chi connectivity index (χ1v) is 5.33. The van der Waals surface area contributed by atoms with Crippen molar-refractivity contribution in [3.05, 3.63) is 0 Å². The first kappa shape index (κ1) is 12.0. The van der Waals surface area contributed by atoms with Gasteiger partial charge >= 0.3 is 5.97 Å². The molecule has 1 saturated carbocycles. The van der Waals surface area contributed by atoms with Crippen molar-refractivity contribution in [2.45, 2.75) is 46.1 Å². The van der Waals surface area contributed by atoms with Crippen molar-refractivity contribution >= 4 is 11.9 Å². The molecule has 0 saturated heterocycles. The molecule has 2 atom stereocenters. The zero-order valence-corrected chi connectivity index (χ0v) is 9.54. The van der Waals surface area contributed by atoms with Gasteiger partial charge in [-0.3, -0.25) is 9.59 Å². The van der Waals surface area contributed by atoms with E-state index in [1.54, 1.807) is 0 Å². The van der Waals surface area contributed by atoms with E-state index in [0.717, 1.165) is 6.42 Å². The SMILES string of the molecule is CC(=O)N[C@@H]1C[C@H](CCC(=O)O)C1(C)C. The Kier molecular flexibility index (Phi) is 3.37. The molecule has 0 heterocycles. The van der Waals surface area contributed by atoms with Crippen LogP contribution >= 0.6 is 0 Å². The van der Waals surface area contributed by atoms with E-state index in [1.165, 1.54) is 6.92 Å². The molecule has 0 aromatic carbocycles. The fraction of sp³-hybridized carbons (Fsp3) is 0.818. The number of carboxylic acid groups (broad SMARTS) is 1. The van der Waals surface area contributed by atoms with Crippen molar-refractivity contribution in [3.63, 3.8) is 0 Å². The molecule has 2 N–H and O–H groups in total. The third kappa shape index (κ3) is 2.70. The summed E-state index contributed by atoms with van der Waals surface area (Å²) in [5.41, 5.74) is 0.0289. The standard InChI is InChI=1S/C11H19NO3/c1-7(13)12-9-6-8(11(9,2)3)4-5-10(14)15/h8-9H,4-6H2,1-3H3,(H,12,13)(H,14,15)/t8-,9+/m0/s1. The van der Waals surface area contributed by atoms with Crippen molar-refractivity contribution in [2.24, 2.45) is 11.3 Å². The lowest BCUT2D eigenvalue weighted by molar-refractivity contribution is -0.138. The van der Waals surface area contributed by atoms with E-state index in [9.17, 15) is 9.59 Å². The van der Waals surface area contributed by atoms with E-state index in [-0.39, 0.29) is 23.8 Å². The van der Waals surface area contributed by atoms with Gasteiger partial charge in [0.05, 0.1) is 0 Å². The van der Waals surface area contributed by atoms with E-state index < -0.39 is 5.97 Å². The summed E-state index contributed by atoms with van der Waals surface area (Å²) < 4.78 is 0. The average Bonchev–Trinajstić information content (AvgIpc) is 2.09. The summed E-state index contributed by atoms with van der Waals surface area (Å²) in [7, 11) is 0. The third-order valence-corrected chi connectivity index (χ3v) is 3.55. The highest BCUT2D eigenvalue weighted by atomic mass is 16.4. The van der Waals surface area contributed by atoms with Crippen molar-refractivity contribution in [1.29, 1.82) is 0 Å². The summed E-state index contributed by atoms with van der Waals surface area (Å²) in [4.78, 5) is 21.3. The van der Waals surface area contributed by atoms with Gasteiger partial charge < -0.3 is 10.4 Å². The summed E-state index contributed by atoms with van der Waals surface area (Å²) >= 11 is 0. The molecule has 1 amide bonds. The van der Waals surface area contributed by atoms with Crippen LogP contribution in [0.2, 0.25) is 0 Å². The Hall–Kier alpha value is -1.06. The van der Waals surface area contributed by atoms with Gasteiger partial charge in [-0.2, -0.15) is 0 Å². The lowest BCUT2D eigenvalue weighted by Crippen LogP contribution is -2.57. The molecule has 0 aromatic rings. The van der Waals surface area contributed by atoms with E-state index in [1.807, 2.05) is 0 Å². The first-order valence-electron chi connectivity index (χ1n) is 5.33. The number of hydrogen-bond acceptors (Lipinski definition) is 2. The summed E-state index contributed by atoms with van der Waals surface area (Å²) in [5.74, 6) is -0.344. The molecular formula is C11H19NO3. The molecule has 0 spiro atoms. The number of amides is 1. The monoisotopic (exact) mass is 213 g/mol. The highest BCUT2D eigenvalue weighted by Gasteiger charge is 2.47. The lowest BCUT2D eigenvalue weighted by Gasteiger charge is -2.52. The van der Waals surface area contributed by atoms with Crippen LogP contribution in [0.3, 0.4) is 0 Å². The largest absolute Gasteiger partial charge is 0.481 e. The molecule has 4 nitrogen and oxygen atoms in total. The maximum absolute atomic E-state index is 10.9. The molecule has 15 heavy (non-hydrogen) atoms. The van der Waals surface area contributed by atoms with Crippen LogP contribution < -0.4 is 5.32 Å². The van der Waals surface area contributed by atoms with Crippen LogP contribution in [0.25, 0.3) is 0 Å². The molecule has 4 heteroatoms. The highest BCUT2D eigenvalue weighted by molar-refractivity contribution is 5.73. The maximum atomic E-state index is 10.9. The van der Waals surface area contributed by atoms with Crippen LogP contribution in [0.4, 0.5) is 0 Å². The molecule has 86 valence electrons. The Morgan fingerprint density at radius 3 is 2.47 bits per heavy atom. The number of aliphatic carboxylic acids is 1.